The molecular weight excluding hydrogens is 452 g/mol. The summed E-state index contributed by atoms with van der Waals surface area (Å²) < 4.78 is 0. The summed E-state index contributed by atoms with van der Waals surface area (Å²) in [5, 5.41) is 42.7. The first-order valence-electron chi connectivity index (χ1n) is 15.8. The molecule has 0 heterocycles. The zero-order valence-corrected chi connectivity index (χ0v) is 24.2. The van der Waals surface area contributed by atoms with Crippen molar-refractivity contribution in [1.82, 2.24) is 0 Å². The topological polar surface area (TPSA) is 101 Å². The van der Waals surface area contributed by atoms with Gasteiger partial charge in [-0.25, -0.2) is 0 Å². The maximum Gasteiger partial charge on any atom is 0.100 e. The molecule has 0 saturated carbocycles. The number of aliphatic hydroxyl groups excluding tert-OH is 5. The first-order valence-corrected chi connectivity index (χ1v) is 15.8. The van der Waals surface area contributed by atoms with Crippen LogP contribution in [0.25, 0.3) is 0 Å². The second kappa shape index (κ2) is 34.8. The van der Waals surface area contributed by atoms with E-state index in [0.29, 0.717) is 0 Å². The second-order valence-electron chi connectivity index (χ2n) is 10.8. The number of unbranched alkanes of at least 4 members (excludes halogenated alkanes) is 21. The highest BCUT2D eigenvalue weighted by Crippen LogP contribution is 2.16. The molecule has 0 bridgehead atoms. The van der Waals surface area contributed by atoms with Gasteiger partial charge in [-0.05, 0) is 19.3 Å². The number of aliphatic hydroxyl groups is 5. The van der Waals surface area contributed by atoms with E-state index >= 15 is 0 Å². The highest BCUT2D eigenvalue weighted by atomic mass is 16.3. The van der Waals surface area contributed by atoms with Gasteiger partial charge in [-0.1, -0.05) is 148 Å². The maximum atomic E-state index is 9.94. The van der Waals surface area contributed by atoms with Crippen molar-refractivity contribution in [3.63, 3.8) is 0 Å². The van der Waals surface area contributed by atoms with Gasteiger partial charge in [-0.2, -0.15) is 0 Å². The smallest absolute Gasteiger partial charge is 0.100 e. The SMILES string of the molecule is CCCCCCCCCCCCCCCCCCCCCCC(O)CCCCCO.OCC(O)CO. The Morgan fingerprint density at radius 1 is 0.361 bits per heavy atom. The Morgan fingerprint density at radius 3 is 0.889 bits per heavy atom. The molecule has 0 radical (unpaired) electrons. The zero-order chi connectivity index (χ0) is 27.0. The second-order valence-corrected chi connectivity index (χ2v) is 10.8. The molecule has 0 rings (SSSR count). The average Bonchev–Trinajstić information content (AvgIpc) is 2.89. The van der Waals surface area contributed by atoms with Gasteiger partial charge in [0.25, 0.3) is 0 Å². The van der Waals surface area contributed by atoms with Crippen molar-refractivity contribution in [3.8, 4) is 0 Å². The molecule has 0 aliphatic rings. The van der Waals surface area contributed by atoms with E-state index in [1.165, 1.54) is 128 Å². The monoisotopic (exact) mass is 518 g/mol. The molecular formula is C31H66O5. The van der Waals surface area contributed by atoms with Crippen LogP contribution >= 0.6 is 0 Å². The van der Waals surface area contributed by atoms with E-state index in [2.05, 4.69) is 6.92 Å². The van der Waals surface area contributed by atoms with E-state index in [1.54, 1.807) is 0 Å². The van der Waals surface area contributed by atoms with Gasteiger partial charge in [0.1, 0.15) is 6.10 Å². The lowest BCUT2D eigenvalue weighted by Gasteiger charge is -2.10. The lowest BCUT2D eigenvalue weighted by atomic mass is 10.0. The molecule has 0 fully saturated rings. The molecule has 5 nitrogen and oxygen atoms in total. The third kappa shape index (κ3) is 36.0. The molecule has 0 amide bonds. The molecule has 1 atom stereocenters. The Kier molecular flexibility index (Phi) is 36.7. The summed E-state index contributed by atoms with van der Waals surface area (Å²) in [6, 6.07) is 0. The molecule has 0 saturated heterocycles. The molecule has 0 aliphatic heterocycles. The molecule has 0 aromatic heterocycles. The molecule has 0 aromatic carbocycles. The van der Waals surface area contributed by atoms with Crippen LogP contribution in [0.1, 0.15) is 167 Å². The van der Waals surface area contributed by atoms with Crippen LogP contribution in [0, 0.1) is 0 Å². The van der Waals surface area contributed by atoms with Crippen molar-refractivity contribution in [1.29, 1.82) is 0 Å². The summed E-state index contributed by atoms with van der Waals surface area (Å²) in [6.45, 7) is 1.85. The van der Waals surface area contributed by atoms with E-state index < -0.39 is 6.10 Å². The van der Waals surface area contributed by atoms with Crippen LogP contribution in [-0.4, -0.2) is 57.6 Å². The van der Waals surface area contributed by atoms with Crippen molar-refractivity contribution in [3.05, 3.63) is 0 Å². The van der Waals surface area contributed by atoms with E-state index in [1.807, 2.05) is 0 Å². The molecule has 5 N–H and O–H groups in total. The van der Waals surface area contributed by atoms with Crippen LogP contribution in [0.4, 0.5) is 0 Å². The molecule has 5 heteroatoms. The van der Waals surface area contributed by atoms with Crippen LogP contribution in [0.2, 0.25) is 0 Å². The minimum atomic E-state index is -0.954. The summed E-state index contributed by atoms with van der Waals surface area (Å²) in [6.07, 6.45) is 32.1. The van der Waals surface area contributed by atoms with Crippen LogP contribution in [0.5, 0.6) is 0 Å². The van der Waals surface area contributed by atoms with E-state index in [4.69, 9.17) is 20.4 Å². The first kappa shape index (κ1) is 37.9. The van der Waals surface area contributed by atoms with Crippen LogP contribution in [0.3, 0.4) is 0 Å². The average molecular weight is 519 g/mol. The van der Waals surface area contributed by atoms with Crippen LogP contribution in [0.15, 0.2) is 0 Å². The van der Waals surface area contributed by atoms with Crippen LogP contribution in [-0.2, 0) is 0 Å². The summed E-state index contributed by atoms with van der Waals surface area (Å²) in [5.41, 5.74) is 0. The van der Waals surface area contributed by atoms with E-state index in [9.17, 15) is 5.11 Å². The highest BCUT2D eigenvalue weighted by Gasteiger charge is 2.03. The lowest BCUT2D eigenvalue weighted by Crippen LogP contribution is -2.15. The quantitative estimate of drug-likeness (QED) is 0.0693. The number of rotatable bonds is 28. The predicted octanol–water partition coefficient (Wildman–Crippen LogP) is 7.44. The van der Waals surface area contributed by atoms with Gasteiger partial charge in [0, 0.05) is 6.61 Å². The summed E-state index contributed by atoms with van der Waals surface area (Å²) in [5.74, 6) is 0. The van der Waals surface area contributed by atoms with Gasteiger partial charge in [0.2, 0.25) is 0 Å². The van der Waals surface area contributed by atoms with Gasteiger partial charge in [-0.3, -0.25) is 0 Å². The molecule has 0 aliphatic carbocycles. The van der Waals surface area contributed by atoms with Crippen molar-refractivity contribution < 1.29 is 25.5 Å². The Bertz CT molecular complexity index is 363. The fourth-order valence-electron chi connectivity index (χ4n) is 4.51. The Labute approximate surface area is 225 Å². The summed E-state index contributed by atoms with van der Waals surface area (Å²) >= 11 is 0. The lowest BCUT2D eigenvalue weighted by molar-refractivity contribution is 0.0450. The van der Waals surface area contributed by atoms with Crippen molar-refractivity contribution >= 4 is 0 Å². The molecule has 1 unspecified atom stereocenters. The van der Waals surface area contributed by atoms with Gasteiger partial charge in [0.05, 0.1) is 19.3 Å². The fraction of sp³-hybridized carbons (Fsp3) is 1.00. The van der Waals surface area contributed by atoms with Gasteiger partial charge in [-0.15, -0.1) is 0 Å². The summed E-state index contributed by atoms with van der Waals surface area (Å²) in [7, 11) is 0. The van der Waals surface area contributed by atoms with Crippen molar-refractivity contribution in [2.45, 2.75) is 180 Å². The molecule has 0 aromatic rings. The minimum Gasteiger partial charge on any atom is -0.396 e. The normalized spacial score (nSPS) is 12.1. The van der Waals surface area contributed by atoms with E-state index in [-0.39, 0.29) is 25.9 Å². The predicted molar refractivity (Wildman–Crippen MR) is 154 cm³/mol. The van der Waals surface area contributed by atoms with E-state index in [0.717, 1.165) is 32.1 Å². The van der Waals surface area contributed by atoms with Gasteiger partial charge >= 0.3 is 0 Å². The number of hydrogen-bond acceptors (Lipinski definition) is 5. The zero-order valence-electron chi connectivity index (χ0n) is 24.2. The maximum absolute atomic E-state index is 9.94. The molecule has 0 spiro atoms. The van der Waals surface area contributed by atoms with Crippen molar-refractivity contribution in [2.24, 2.45) is 0 Å². The van der Waals surface area contributed by atoms with Gasteiger partial charge in [0.15, 0.2) is 0 Å². The molecule has 220 valence electrons. The largest absolute Gasteiger partial charge is 0.396 e. The van der Waals surface area contributed by atoms with Crippen LogP contribution < -0.4 is 0 Å². The van der Waals surface area contributed by atoms with Gasteiger partial charge < -0.3 is 25.5 Å². The third-order valence-electron chi connectivity index (χ3n) is 7.01. The summed E-state index contributed by atoms with van der Waals surface area (Å²) in [4.78, 5) is 0. The Balaban J connectivity index is 0. The van der Waals surface area contributed by atoms with Crippen molar-refractivity contribution in [2.75, 3.05) is 19.8 Å². The third-order valence-corrected chi connectivity index (χ3v) is 7.01. The first-order chi connectivity index (χ1) is 17.6. The molecule has 36 heavy (non-hydrogen) atoms. The fourth-order valence-corrected chi connectivity index (χ4v) is 4.51. The Morgan fingerprint density at radius 2 is 0.639 bits per heavy atom. The standard InChI is InChI=1S/C28H58O2.C3H8O3/c1-2-3-4-5-6-7-8-9-10-11-12-13-14-15-16-17-18-19-20-22-25-28(30)26-23-21-24-27-29;4-1-3(6)2-5/h28-30H,2-27H2,1H3;3-6H,1-2H2. The number of hydrogen-bond donors (Lipinski definition) is 5. The Hall–Kier alpha value is -0.200. The minimum absolute atomic E-state index is 0.112. The highest BCUT2D eigenvalue weighted by molar-refractivity contribution is 4.57.